The van der Waals surface area contributed by atoms with E-state index in [0.29, 0.717) is 0 Å². The second-order valence-electron chi connectivity index (χ2n) is 4.52. The van der Waals surface area contributed by atoms with Crippen LogP contribution in [0.5, 0.6) is 5.75 Å². The highest BCUT2D eigenvalue weighted by molar-refractivity contribution is 9.10. The van der Waals surface area contributed by atoms with Gasteiger partial charge in [0.05, 0.1) is 7.11 Å². The predicted octanol–water partition coefficient (Wildman–Crippen LogP) is 4.61. The van der Waals surface area contributed by atoms with E-state index < -0.39 is 0 Å². The third-order valence-electron chi connectivity index (χ3n) is 3.30. The number of hydrogen-bond donors (Lipinski definition) is 1. The van der Waals surface area contributed by atoms with Crippen LogP contribution in [0.25, 0.3) is 0 Å². The summed E-state index contributed by atoms with van der Waals surface area (Å²) in [5, 5.41) is 4.10. The molecule has 106 valence electrons. The lowest BCUT2D eigenvalue weighted by molar-refractivity contribution is 0.406. The molecule has 0 heterocycles. The van der Waals surface area contributed by atoms with Crippen molar-refractivity contribution in [2.75, 3.05) is 14.2 Å². The second kappa shape index (κ2) is 7.11. The van der Waals surface area contributed by atoms with E-state index in [0.717, 1.165) is 32.8 Å². The molecule has 0 fully saturated rings. The molecule has 1 N–H and O–H groups in total. The first-order valence-corrected chi connectivity index (χ1v) is 7.57. The largest absolute Gasteiger partial charge is 0.496 e. The van der Waals surface area contributed by atoms with Gasteiger partial charge in [-0.05, 0) is 48.9 Å². The summed E-state index contributed by atoms with van der Waals surface area (Å²) in [5.41, 5.74) is 2.24. The predicted molar refractivity (Wildman–Crippen MR) is 87.7 cm³/mol. The lowest BCUT2D eigenvalue weighted by Gasteiger charge is -2.19. The van der Waals surface area contributed by atoms with Crippen molar-refractivity contribution >= 4 is 27.5 Å². The molecule has 0 aliphatic heterocycles. The Kier molecular flexibility index (Phi) is 5.46. The van der Waals surface area contributed by atoms with Gasteiger partial charge in [0.2, 0.25) is 0 Å². The third-order valence-corrected chi connectivity index (χ3v) is 4.13. The van der Waals surface area contributed by atoms with Gasteiger partial charge in [-0.1, -0.05) is 45.7 Å². The van der Waals surface area contributed by atoms with E-state index in [9.17, 15) is 0 Å². The molecule has 2 rings (SSSR count). The molecule has 0 aromatic heterocycles. The molecule has 2 aromatic rings. The van der Waals surface area contributed by atoms with Crippen molar-refractivity contribution in [3.63, 3.8) is 0 Å². The Labute approximate surface area is 133 Å². The number of halogens is 2. The summed E-state index contributed by atoms with van der Waals surface area (Å²) in [5.74, 6) is 0.889. The molecular formula is C16H17BrClNO. The summed E-state index contributed by atoms with van der Waals surface area (Å²) in [6, 6.07) is 14.1. The molecule has 0 saturated heterocycles. The molecule has 4 heteroatoms. The van der Waals surface area contributed by atoms with Crippen LogP contribution in [0.15, 0.2) is 46.9 Å². The van der Waals surface area contributed by atoms with Crippen molar-refractivity contribution in [2.45, 2.75) is 12.5 Å². The van der Waals surface area contributed by atoms with Gasteiger partial charge < -0.3 is 10.1 Å². The van der Waals surface area contributed by atoms with E-state index in [-0.39, 0.29) is 6.04 Å². The fourth-order valence-electron chi connectivity index (χ4n) is 2.25. The first kappa shape index (κ1) is 15.4. The summed E-state index contributed by atoms with van der Waals surface area (Å²) >= 11 is 9.79. The zero-order chi connectivity index (χ0) is 14.5. The van der Waals surface area contributed by atoms with Crippen LogP contribution >= 0.6 is 27.5 Å². The highest BCUT2D eigenvalue weighted by Crippen LogP contribution is 2.30. The molecule has 0 spiro atoms. The molecule has 0 bridgehead atoms. The van der Waals surface area contributed by atoms with Gasteiger partial charge in [-0.25, -0.2) is 0 Å². The zero-order valence-corrected chi connectivity index (χ0v) is 13.8. The summed E-state index contributed by atoms with van der Waals surface area (Å²) in [7, 11) is 3.63. The highest BCUT2D eigenvalue weighted by Gasteiger charge is 2.15. The average Bonchev–Trinajstić information content (AvgIpc) is 2.46. The van der Waals surface area contributed by atoms with Crippen molar-refractivity contribution in [1.29, 1.82) is 0 Å². The van der Waals surface area contributed by atoms with E-state index >= 15 is 0 Å². The number of rotatable bonds is 5. The smallest absolute Gasteiger partial charge is 0.122 e. The number of benzene rings is 2. The number of hydrogen-bond acceptors (Lipinski definition) is 2. The molecule has 0 aliphatic rings. The van der Waals surface area contributed by atoms with Gasteiger partial charge in [0.25, 0.3) is 0 Å². The molecule has 1 atom stereocenters. The van der Waals surface area contributed by atoms with Crippen molar-refractivity contribution < 1.29 is 4.74 Å². The molecular weight excluding hydrogens is 338 g/mol. The van der Waals surface area contributed by atoms with Gasteiger partial charge in [-0.2, -0.15) is 0 Å². The summed E-state index contributed by atoms with van der Waals surface area (Å²) in [4.78, 5) is 0. The first-order chi connectivity index (χ1) is 9.65. The molecule has 0 saturated carbocycles. The van der Waals surface area contributed by atoms with Gasteiger partial charge in [0, 0.05) is 15.5 Å². The summed E-state index contributed by atoms with van der Waals surface area (Å²) < 4.78 is 6.47. The topological polar surface area (TPSA) is 21.3 Å². The number of methoxy groups -OCH3 is 1. The van der Waals surface area contributed by atoms with Gasteiger partial charge in [-0.15, -0.1) is 0 Å². The zero-order valence-electron chi connectivity index (χ0n) is 11.5. The molecule has 2 aromatic carbocycles. The van der Waals surface area contributed by atoms with E-state index in [1.807, 2.05) is 43.4 Å². The summed E-state index contributed by atoms with van der Waals surface area (Å²) in [6.45, 7) is 0. The SMILES string of the molecule is CNC(Cc1cc(Br)ccc1OC)c1ccccc1Cl. The normalized spacial score (nSPS) is 12.2. The third kappa shape index (κ3) is 3.54. The van der Waals surface area contributed by atoms with Crippen LogP contribution in [0.1, 0.15) is 17.2 Å². The van der Waals surface area contributed by atoms with E-state index in [4.69, 9.17) is 16.3 Å². The van der Waals surface area contributed by atoms with Crippen LogP contribution in [0, 0.1) is 0 Å². The minimum atomic E-state index is 0.145. The Morgan fingerprint density at radius 3 is 2.65 bits per heavy atom. The maximum atomic E-state index is 6.29. The lowest BCUT2D eigenvalue weighted by atomic mass is 9.98. The van der Waals surface area contributed by atoms with Crippen LogP contribution in [0.3, 0.4) is 0 Å². The monoisotopic (exact) mass is 353 g/mol. The van der Waals surface area contributed by atoms with Gasteiger partial charge in [0.1, 0.15) is 5.75 Å². The van der Waals surface area contributed by atoms with Crippen LogP contribution in [0.4, 0.5) is 0 Å². The number of nitrogens with one attached hydrogen (secondary N) is 1. The second-order valence-corrected chi connectivity index (χ2v) is 5.85. The molecule has 0 aliphatic carbocycles. The molecule has 2 nitrogen and oxygen atoms in total. The Morgan fingerprint density at radius 2 is 2.00 bits per heavy atom. The van der Waals surface area contributed by atoms with E-state index in [1.54, 1.807) is 7.11 Å². The van der Waals surface area contributed by atoms with E-state index in [1.165, 1.54) is 0 Å². The first-order valence-electron chi connectivity index (χ1n) is 6.39. The fourth-order valence-corrected chi connectivity index (χ4v) is 2.93. The van der Waals surface area contributed by atoms with Gasteiger partial charge in [-0.3, -0.25) is 0 Å². The number of likely N-dealkylation sites (N-methyl/N-ethyl adjacent to an activating group) is 1. The Balaban J connectivity index is 2.31. The fraction of sp³-hybridized carbons (Fsp3) is 0.250. The van der Waals surface area contributed by atoms with Gasteiger partial charge >= 0.3 is 0 Å². The maximum absolute atomic E-state index is 6.29. The van der Waals surface area contributed by atoms with Crippen LogP contribution < -0.4 is 10.1 Å². The molecule has 20 heavy (non-hydrogen) atoms. The van der Waals surface area contributed by atoms with Crippen molar-refractivity contribution in [3.8, 4) is 5.75 Å². The maximum Gasteiger partial charge on any atom is 0.122 e. The van der Waals surface area contributed by atoms with Crippen LogP contribution in [-0.2, 0) is 6.42 Å². The molecule has 1 unspecified atom stereocenters. The van der Waals surface area contributed by atoms with Crippen molar-refractivity contribution in [1.82, 2.24) is 5.32 Å². The average molecular weight is 355 g/mol. The molecule has 0 radical (unpaired) electrons. The van der Waals surface area contributed by atoms with Crippen LogP contribution in [0.2, 0.25) is 5.02 Å². The Morgan fingerprint density at radius 1 is 1.25 bits per heavy atom. The standard InChI is InChI=1S/C16H17BrClNO/c1-19-15(13-5-3-4-6-14(13)18)10-11-9-12(17)7-8-16(11)20-2/h3-9,15,19H,10H2,1-2H3. The molecule has 0 amide bonds. The number of ether oxygens (including phenoxy) is 1. The minimum Gasteiger partial charge on any atom is -0.496 e. The Bertz CT molecular complexity index is 588. The van der Waals surface area contributed by atoms with Crippen molar-refractivity contribution in [2.24, 2.45) is 0 Å². The van der Waals surface area contributed by atoms with Gasteiger partial charge in [0.15, 0.2) is 0 Å². The minimum absolute atomic E-state index is 0.145. The quantitative estimate of drug-likeness (QED) is 0.846. The Hall–Kier alpha value is -1.03. The lowest BCUT2D eigenvalue weighted by Crippen LogP contribution is -2.19. The van der Waals surface area contributed by atoms with Crippen LogP contribution in [-0.4, -0.2) is 14.2 Å². The van der Waals surface area contributed by atoms with E-state index in [2.05, 4.69) is 27.3 Å². The summed E-state index contributed by atoms with van der Waals surface area (Å²) in [6.07, 6.45) is 0.808. The highest BCUT2D eigenvalue weighted by atomic mass is 79.9. The van der Waals surface area contributed by atoms with Crippen molar-refractivity contribution in [3.05, 3.63) is 63.1 Å².